The average Bonchev–Trinajstić information content (AvgIpc) is 2.59. The monoisotopic (exact) mass is 345 g/mol. The van der Waals surface area contributed by atoms with Gasteiger partial charge in [0.2, 0.25) is 0 Å². The van der Waals surface area contributed by atoms with Crippen LogP contribution in [0.1, 0.15) is 12.5 Å². The van der Waals surface area contributed by atoms with Gasteiger partial charge in [0, 0.05) is 18.1 Å². The van der Waals surface area contributed by atoms with Gasteiger partial charge in [0.15, 0.2) is 16.7 Å². The Bertz CT molecular complexity index is 687. The standard InChI is InChI=1S/C17H19N3OS2/c1-3-9-23-17(18-2)20-16-15(10-14(22)11-19-16)21-12-13-7-5-4-6-8-13/h3-11,22H,12H2,1-2H3,(H,18,19,20)/b9-3+. The SMILES string of the molecule is C/C=C/SC(=NC)Nc1ncc(S)cc1OCc1ccccc1. The van der Waals surface area contributed by atoms with Gasteiger partial charge in [-0.25, -0.2) is 4.98 Å². The van der Waals surface area contributed by atoms with Crippen LogP contribution in [0, 0.1) is 0 Å². The highest BCUT2D eigenvalue weighted by atomic mass is 32.2. The van der Waals surface area contributed by atoms with Crippen molar-refractivity contribution in [3.8, 4) is 5.75 Å². The molecular weight excluding hydrogens is 326 g/mol. The van der Waals surface area contributed by atoms with Crippen molar-refractivity contribution in [2.24, 2.45) is 4.99 Å². The molecule has 1 N–H and O–H groups in total. The number of aromatic nitrogens is 1. The summed E-state index contributed by atoms with van der Waals surface area (Å²) in [5.74, 6) is 1.26. The Balaban J connectivity index is 2.13. The minimum absolute atomic E-state index is 0.467. The van der Waals surface area contributed by atoms with Gasteiger partial charge >= 0.3 is 0 Å². The van der Waals surface area contributed by atoms with E-state index in [1.165, 1.54) is 11.8 Å². The van der Waals surface area contributed by atoms with Crippen LogP contribution >= 0.6 is 24.4 Å². The maximum atomic E-state index is 5.90. The van der Waals surface area contributed by atoms with Gasteiger partial charge in [-0.3, -0.25) is 4.99 Å². The summed E-state index contributed by atoms with van der Waals surface area (Å²) in [5.41, 5.74) is 1.09. The van der Waals surface area contributed by atoms with Crippen LogP contribution in [-0.4, -0.2) is 17.2 Å². The molecule has 0 aliphatic heterocycles. The van der Waals surface area contributed by atoms with E-state index in [4.69, 9.17) is 4.74 Å². The molecule has 1 heterocycles. The fourth-order valence-corrected chi connectivity index (χ4v) is 2.45. The lowest BCUT2D eigenvalue weighted by molar-refractivity contribution is 0.306. The van der Waals surface area contributed by atoms with Gasteiger partial charge in [-0.15, -0.1) is 12.6 Å². The van der Waals surface area contributed by atoms with Crippen molar-refractivity contribution in [2.45, 2.75) is 18.4 Å². The predicted octanol–water partition coefficient (Wildman–Crippen LogP) is 4.61. The van der Waals surface area contributed by atoms with Crippen molar-refractivity contribution in [1.82, 2.24) is 4.98 Å². The Labute approximate surface area is 146 Å². The van der Waals surface area contributed by atoms with E-state index in [0.29, 0.717) is 18.2 Å². The number of allylic oxidation sites excluding steroid dienone is 1. The number of thioether (sulfide) groups is 1. The van der Waals surface area contributed by atoms with Crippen molar-refractivity contribution >= 4 is 35.4 Å². The van der Waals surface area contributed by atoms with Gasteiger partial charge in [-0.05, 0) is 24.0 Å². The third-order valence-electron chi connectivity index (χ3n) is 2.82. The molecule has 0 saturated heterocycles. The fraction of sp³-hybridized carbons (Fsp3) is 0.176. The number of ether oxygens (including phenoxy) is 1. The van der Waals surface area contributed by atoms with Crippen molar-refractivity contribution in [3.05, 3.63) is 59.6 Å². The third-order valence-corrected chi connectivity index (χ3v) is 3.98. The van der Waals surface area contributed by atoms with Crippen LogP contribution in [0.3, 0.4) is 0 Å². The molecule has 0 unspecified atom stereocenters. The summed E-state index contributed by atoms with van der Waals surface area (Å²) in [6.45, 7) is 2.43. The molecule has 0 radical (unpaired) electrons. The molecule has 2 aromatic rings. The number of rotatable bonds is 5. The largest absolute Gasteiger partial charge is 0.485 e. The smallest absolute Gasteiger partial charge is 0.174 e. The molecule has 0 atom stereocenters. The second-order valence-electron chi connectivity index (χ2n) is 4.56. The van der Waals surface area contributed by atoms with Crippen molar-refractivity contribution < 1.29 is 4.74 Å². The zero-order valence-electron chi connectivity index (χ0n) is 13.1. The Morgan fingerprint density at radius 1 is 1.39 bits per heavy atom. The number of thiol groups is 1. The molecule has 6 heteroatoms. The van der Waals surface area contributed by atoms with Crippen LogP contribution in [0.25, 0.3) is 0 Å². The second kappa shape index (κ2) is 9.27. The predicted molar refractivity (Wildman–Crippen MR) is 102 cm³/mol. The lowest BCUT2D eigenvalue weighted by atomic mass is 10.2. The number of nitrogens with zero attached hydrogens (tertiary/aromatic N) is 2. The maximum Gasteiger partial charge on any atom is 0.174 e. The van der Waals surface area contributed by atoms with Gasteiger partial charge in [0.05, 0.1) is 0 Å². The zero-order chi connectivity index (χ0) is 16.5. The topological polar surface area (TPSA) is 46.5 Å². The van der Waals surface area contributed by atoms with Crippen LogP contribution in [-0.2, 0) is 6.61 Å². The summed E-state index contributed by atoms with van der Waals surface area (Å²) < 4.78 is 5.90. The van der Waals surface area contributed by atoms with E-state index in [1.807, 2.05) is 54.8 Å². The number of anilines is 1. The Morgan fingerprint density at radius 3 is 2.87 bits per heavy atom. The number of benzene rings is 1. The molecule has 1 aromatic carbocycles. The molecule has 0 bridgehead atoms. The minimum atomic E-state index is 0.467. The van der Waals surface area contributed by atoms with E-state index in [0.717, 1.165) is 15.6 Å². The van der Waals surface area contributed by atoms with Crippen molar-refractivity contribution in [3.63, 3.8) is 0 Å². The number of pyridine rings is 1. The Kier molecular flexibility index (Phi) is 7.03. The molecule has 0 aliphatic carbocycles. The van der Waals surface area contributed by atoms with Crippen molar-refractivity contribution in [2.75, 3.05) is 12.4 Å². The highest BCUT2D eigenvalue weighted by Crippen LogP contribution is 2.26. The van der Waals surface area contributed by atoms with E-state index in [9.17, 15) is 0 Å². The van der Waals surface area contributed by atoms with Gasteiger partial charge in [-0.1, -0.05) is 48.2 Å². The maximum absolute atomic E-state index is 5.90. The summed E-state index contributed by atoms with van der Waals surface area (Å²) >= 11 is 5.82. The molecule has 23 heavy (non-hydrogen) atoms. The molecule has 4 nitrogen and oxygen atoms in total. The van der Waals surface area contributed by atoms with Crippen LogP contribution in [0.15, 0.2) is 64.0 Å². The molecule has 2 rings (SSSR count). The lowest BCUT2D eigenvalue weighted by Crippen LogP contribution is -2.10. The third kappa shape index (κ3) is 5.65. The Morgan fingerprint density at radius 2 is 2.17 bits per heavy atom. The first-order chi connectivity index (χ1) is 11.2. The average molecular weight is 345 g/mol. The lowest BCUT2D eigenvalue weighted by Gasteiger charge is -2.13. The first-order valence-corrected chi connectivity index (χ1v) is 8.43. The number of aliphatic imine (C=N–C) groups is 1. The molecule has 0 fully saturated rings. The van der Waals surface area contributed by atoms with Gasteiger partial charge in [0.25, 0.3) is 0 Å². The van der Waals surface area contributed by atoms with Gasteiger partial charge < -0.3 is 10.1 Å². The van der Waals surface area contributed by atoms with E-state index in [-0.39, 0.29) is 0 Å². The van der Waals surface area contributed by atoms with E-state index in [2.05, 4.69) is 27.9 Å². The first-order valence-electron chi connectivity index (χ1n) is 7.10. The van der Waals surface area contributed by atoms with Crippen LogP contribution in [0.2, 0.25) is 0 Å². The molecule has 0 saturated carbocycles. The fourth-order valence-electron chi connectivity index (χ4n) is 1.75. The summed E-state index contributed by atoms with van der Waals surface area (Å²) in [5, 5.41) is 5.88. The molecule has 0 aliphatic rings. The second-order valence-corrected chi connectivity index (χ2v) is 5.97. The molecule has 0 spiro atoms. The number of nitrogens with one attached hydrogen (secondary N) is 1. The molecule has 0 amide bonds. The number of hydrogen-bond acceptors (Lipinski definition) is 5. The van der Waals surface area contributed by atoms with Gasteiger partial charge in [0.1, 0.15) is 6.61 Å². The summed E-state index contributed by atoms with van der Waals surface area (Å²) in [6, 6.07) is 11.8. The first kappa shape index (κ1) is 17.4. The normalized spacial score (nSPS) is 11.7. The Hall–Kier alpha value is -1.92. The summed E-state index contributed by atoms with van der Waals surface area (Å²) in [7, 11) is 1.73. The van der Waals surface area contributed by atoms with Crippen LogP contribution < -0.4 is 10.1 Å². The minimum Gasteiger partial charge on any atom is -0.485 e. The highest BCUT2D eigenvalue weighted by molar-refractivity contribution is 8.16. The van der Waals surface area contributed by atoms with Crippen LogP contribution in [0.5, 0.6) is 5.75 Å². The quantitative estimate of drug-likeness (QED) is 0.472. The highest BCUT2D eigenvalue weighted by Gasteiger charge is 2.09. The molecular formula is C17H19N3OS2. The number of amidine groups is 1. The van der Waals surface area contributed by atoms with Crippen molar-refractivity contribution in [1.29, 1.82) is 0 Å². The van der Waals surface area contributed by atoms with E-state index in [1.54, 1.807) is 13.2 Å². The molecule has 1 aromatic heterocycles. The van der Waals surface area contributed by atoms with E-state index >= 15 is 0 Å². The number of hydrogen-bond donors (Lipinski definition) is 2. The van der Waals surface area contributed by atoms with Gasteiger partial charge in [-0.2, -0.15) is 0 Å². The van der Waals surface area contributed by atoms with E-state index < -0.39 is 0 Å². The summed E-state index contributed by atoms with van der Waals surface area (Å²) in [6.07, 6.45) is 3.63. The zero-order valence-corrected chi connectivity index (χ0v) is 14.8. The van der Waals surface area contributed by atoms with Crippen LogP contribution in [0.4, 0.5) is 5.82 Å². The molecule has 120 valence electrons. The summed E-state index contributed by atoms with van der Waals surface area (Å²) in [4.78, 5) is 9.31.